The molecule has 38 heavy (non-hydrogen) atoms. The van der Waals surface area contributed by atoms with Crippen LogP contribution in [0.2, 0.25) is 0 Å². The number of rotatable bonds is 5. The van der Waals surface area contributed by atoms with E-state index >= 15 is 0 Å². The van der Waals surface area contributed by atoms with Gasteiger partial charge < -0.3 is 9.64 Å². The number of carbonyl (C=O) groups is 1. The second-order valence-electron chi connectivity index (χ2n) is 12.5. The van der Waals surface area contributed by atoms with Crippen molar-refractivity contribution in [2.45, 2.75) is 83.7 Å². The topological polar surface area (TPSA) is 45.7 Å². The number of carbonyl (C=O) groups excluding carboxylic acids is 1. The van der Waals surface area contributed by atoms with Crippen molar-refractivity contribution in [1.29, 1.82) is 0 Å². The molecule has 6 rings (SSSR count). The van der Waals surface area contributed by atoms with Crippen LogP contribution in [0.3, 0.4) is 0 Å². The van der Waals surface area contributed by atoms with Gasteiger partial charge in [0, 0.05) is 44.5 Å². The molecule has 1 atom stereocenters. The van der Waals surface area contributed by atoms with Gasteiger partial charge >= 0.3 is 6.18 Å². The van der Waals surface area contributed by atoms with Gasteiger partial charge in [0.25, 0.3) is 0 Å². The Morgan fingerprint density at radius 3 is 2.68 bits per heavy atom. The van der Waals surface area contributed by atoms with Gasteiger partial charge in [-0.1, -0.05) is 25.0 Å². The largest absolute Gasteiger partial charge is 0.488 e. The summed E-state index contributed by atoms with van der Waals surface area (Å²) in [4.78, 5) is 22.3. The molecule has 4 heterocycles. The zero-order chi connectivity index (χ0) is 26.7. The van der Waals surface area contributed by atoms with Crippen LogP contribution in [0.25, 0.3) is 0 Å². The number of hydrogen-bond donors (Lipinski definition) is 0. The van der Waals surface area contributed by atoms with Gasteiger partial charge in [-0.15, -0.1) is 0 Å². The molecule has 3 aliphatic heterocycles. The zero-order valence-electron chi connectivity index (χ0n) is 22.2. The Morgan fingerprint density at radius 2 is 1.92 bits per heavy atom. The molecule has 2 aromatic rings. The van der Waals surface area contributed by atoms with Gasteiger partial charge in [-0.25, -0.2) is 0 Å². The first kappa shape index (κ1) is 25.7. The van der Waals surface area contributed by atoms with Crippen molar-refractivity contribution in [1.82, 2.24) is 14.8 Å². The lowest BCUT2D eigenvalue weighted by molar-refractivity contribution is -0.143. The Morgan fingerprint density at radius 1 is 1.11 bits per heavy atom. The summed E-state index contributed by atoms with van der Waals surface area (Å²) < 4.78 is 46.1. The molecule has 1 aromatic heterocycles. The molecule has 0 radical (unpaired) electrons. The Hall–Kier alpha value is -2.61. The molecule has 1 saturated carbocycles. The number of fused-ring (bicyclic) bond motifs is 2. The first-order valence-corrected chi connectivity index (χ1v) is 13.9. The summed E-state index contributed by atoms with van der Waals surface area (Å²) in [5, 5.41) is 0. The van der Waals surface area contributed by atoms with Crippen LogP contribution in [0.4, 0.5) is 13.2 Å². The van der Waals surface area contributed by atoms with Gasteiger partial charge in [-0.3, -0.25) is 14.7 Å². The van der Waals surface area contributed by atoms with Gasteiger partial charge in [0.05, 0.1) is 11.0 Å². The minimum absolute atomic E-state index is 0.102. The van der Waals surface area contributed by atoms with E-state index in [1.807, 2.05) is 0 Å². The van der Waals surface area contributed by atoms with Crippen molar-refractivity contribution in [2.24, 2.45) is 11.3 Å². The quantitative estimate of drug-likeness (QED) is 0.495. The number of hydrogen-bond acceptors (Lipinski definition) is 4. The van der Waals surface area contributed by atoms with Gasteiger partial charge in [-0.2, -0.15) is 13.2 Å². The number of nitrogens with zero attached hydrogens (tertiary/aromatic N) is 3. The van der Waals surface area contributed by atoms with Gasteiger partial charge in [0.2, 0.25) is 5.91 Å². The summed E-state index contributed by atoms with van der Waals surface area (Å²) in [5.74, 6) is 1.65. The molecule has 1 aromatic carbocycles. The molecule has 1 unspecified atom stereocenters. The lowest BCUT2D eigenvalue weighted by Gasteiger charge is -2.37. The van der Waals surface area contributed by atoms with E-state index in [4.69, 9.17) is 4.74 Å². The van der Waals surface area contributed by atoms with Crippen molar-refractivity contribution in [3.05, 3.63) is 58.4 Å². The highest BCUT2D eigenvalue weighted by Gasteiger charge is 2.49. The molecule has 0 spiro atoms. The molecular formula is C30H36F3N3O2. The summed E-state index contributed by atoms with van der Waals surface area (Å²) in [6, 6.07) is 7.69. The van der Waals surface area contributed by atoms with Crippen LogP contribution in [0.5, 0.6) is 5.75 Å². The van der Waals surface area contributed by atoms with Crippen molar-refractivity contribution >= 4 is 5.91 Å². The number of aryl methyl sites for hydroxylation is 1. The molecule has 8 heteroatoms. The molecule has 0 N–H and O–H groups in total. The standard InChI is InChI=1S/C30H36F3N3O2/c1-28(2)9-7-22-6-5-21(13-26(22)38-28)17-35-12-10-29(19-35,15-20-3-4-20)27(37)36-11-8-25-23(18-36)14-24(16-34-25)30(31,32)33/h5-6,13-14,16,20H,3-4,7-12,15,17-19H2,1-2H3. The summed E-state index contributed by atoms with van der Waals surface area (Å²) in [6.45, 7) is 7.25. The van der Waals surface area contributed by atoms with E-state index in [-0.39, 0.29) is 18.1 Å². The van der Waals surface area contributed by atoms with Crippen molar-refractivity contribution in [3.8, 4) is 5.75 Å². The van der Waals surface area contributed by atoms with E-state index in [9.17, 15) is 18.0 Å². The Bertz CT molecular complexity index is 1240. The van der Waals surface area contributed by atoms with Gasteiger partial charge in [-0.05, 0) is 80.8 Å². The van der Waals surface area contributed by atoms with Crippen LogP contribution in [0, 0.1) is 11.3 Å². The molecule has 0 bridgehead atoms. The maximum atomic E-state index is 14.1. The number of benzene rings is 1. The molecule has 5 nitrogen and oxygen atoms in total. The number of halogens is 3. The van der Waals surface area contributed by atoms with Crippen LogP contribution in [0.15, 0.2) is 30.5 Å². The third kappa shape index (κ3) is 5.16. The first-order chi connectivity index (χ1) is 18.0. The molecule has 1 saturated heterocycles. The SMILES string of the molecule is CC1(C)CCc2ccc(CN3CCC(CC4CC4)(C(=O)N4CCc5ncc(C(F)(F)F)cc5C4)C3)cc2O1. The van der Waals surface area contributed by atoms with Crippen LogP contribution >= 0.6 is 0 Å². The number of likely N-dealkylation sites (tertiary alicyclic amines) is 1. The number of pyridine rings is 1. The van der Waals surface area contributed by atoms with Gasteiger partial charge in [0.15, 0.2) is 0 Å². The fourth-order valence-electron chi connectivity index (χ4n) is 6.53. The van der Waals surface area contributed by atoms with Crippen molar-refractivity contribution in [2.75, 3.05) is 19.6 Å². The van der Waals surface area contributed by atoms with E-state index in [1.165, 1.54) is 17.2 Å². The highest BCUT2D eigenvalue weighted by molar-refractivity contribution is 5.83. The predicted octanol–water partition coefficient (Wildman–Crippen LogP) is 5.78. The summed E-state index contributed by atoms with van der Waals surface area (Å²) in [7, 11) is 0. The highest BCUT2D eigenvalue weighted by Crippen LogP contribution is 2.47. The normalized spacial score (nSPS) is 25.0. The monoisotopic (exact) mass is 527 g/mol. The lowest BCUT2D eigenvalue weighted by Crippen LogP contribution is -2.47. The van der Waals surface area contributed by atoms with E-state index < -0.39 is 17.2 Å². The predicted molar refractivity (Wildman–Crippen MR) is 137 cm³/mol. The summed E-state index contributed by atoms with van der Waals surface area (Å²) in [6.07, 6.45) is 2.97. The van der Waals surface area contributed by atoms with Crippen LogP contribution in [-0.2, 0) is 36.9 Å². The minimum Gasteiger partial charge on any atom is -0.488 e. The Labute approximate surface area is 222 Å². The average Bonchev–Trinajstić information content (AvgIpc) is 3.59. The maximum Gasteiger partial charge on any atom is 0.417 e. The smallest absolute Gasteiger partial charge is 0.417 e. The number of aromatic nitrogens is 1. The van der Waals surface area contributed by atoms with Crippen LogP contribution < -0.4 is 4.74 Å². The summed E-state index contributed by atoms with van der Waals surface area (Å²) >= 11 is 0. The Balaban J connectivity index is 1.18. The lowest BCUT2D eigenvalue weighted by atomic mass is 9.79. The van der Waals surface area contributed by atoms with E-state index in [0.717, 1.165) is 63.6 Å². The average molecular weight is 528 g/mol. The minimum atomic E-state index is -4.44. The molecule has 1 aliphatic carbocycles. The second-order valence-corrected chi connectivity index (χ2v) is 12.5. The molecule has 4 aliphatic rings. The summed E-state index contributed by atoms with van der Waals surface area (Å²) in [5.41, 5.74) is 2.25. The molecule has 1 amide bonds. The third-order valence-corrected chi connectivity index (χ3v) is 8.84. The Kier molecular flexibility index (Phi) is 6.24. The van der Waals surface area contributed by atoms with Crippen molar-refractivity contribution < 1.29 is 22.7 Å². The van der Waals surface area contributed by atoms with Crippen LogP contribution in [0.1, 0.15) is 73.9 Å². The molecule has 2 fully saturated rings. The fourth-order valence-corrected chi connectivity index (χ4v) is 6.53. The highest BCUT2D eigenvalue weighted by atomic mass is 19.4. The number of ether oxygens (including phenoxy) is 1. The molecule has 204 valence electrons. The number of amides is 1. The van der Waals surface area contributed by atoms with E-state index in [2.05, 4.69) is 41.9 Å². The van der Waals surface area contributed by atoms with E-state index in [1.54, 1.807) is 4.90 Å². The third-order valence-electron chi connectivity index (χ3n) is 8.84. The van der Waals surface area contributed by atoms with E-state index in [0.29, 0.717) is 36.7 Å². The first-order valence-electron chi connectivity index (χ1n) is 13.9. The number of alkyl halides is 3. The maximum absolute atomic E-state index is 14.1. The zero-order valence-corrected chi connectivity index (χ0v) is 22.2. The van der Waals surface area contributed by atoms with Crippen LogP contribution in [-0.4, -0.2) is 45.9 Å². The fraction of sp³-hybridized carbons (Fsp3) is 0.600. The van der Waals surface area contributed by atoms with Gasteiger partial charge in [0.1, 0.15) is 11.4 Å². The molecular weight excluding hydrogens is 491 g/mol. The van der Waals surface area contributed by atoms with Crippen molar-refractivity contribution in [3.63, 3.8) is 0 Å². The second kappa shape index (κ2) is 9.25.